The van der Waals surface area contributed by atoms with Gasteiger partial charge in [-0.15, -0.1) is 5.10 Å². The molecule has 0 radical (unpaired) electrons. The molecule has 41 heavy (non-hydrogen) atoms. The van der Waals surface area contributed by atoms with Crippen molar-refractivity contribution in [3.05, 3.63) is 77.1 Å². The summed E-state index contributed by atoms with van der Waals surface area (Å²) >= 11 is 6.04. The number of amidine groups is 2. The van der Waals surface area contributed by atoms with Gasteiger partial charge in [0.15, 0.2) is 5.82 Å². The third-order valence-electron chi connectivity index (χ3n) is 8.10. The first-order chi connectivity index (χ1) is 19.8. The van der Waals surface area contributed by atoms with E-state index in [4.69, 9.17) is 33.5 Å². The number of nitrogen functional groups attached to an aromatic ring is 1. The van der Waals surface area contributed by atoms with Gasteiger partial charge in [0.25, 0.3) is 0 Å². The number of fused-ring (bicyclic) bond motifs is 2. The summed E-state index contributed by atoms with van der Waals surface area (Å²) in [4.78, 5) is 5.07. The van der Waals surface area contributed by atoms with Gasteiger partial charge in [-0.3, -0.25) is 10.8 Å². The Morgan fingerprint density at radius 2 is 1.83 bits per heavy atom. The molecule has 3 aromatic carbocycles. The van der Waals surface area contributed by atoms with E-state index in [-0.39, 0.29) is 18.0 Å². The van der Waals surface area contributed by atoms with Crippen molar-refractivity contribution >= 4 is 45.3 Å². The van der Waals surface area contributed by atoms with Crippen molar-refractivity contribution in [1.82, 2.24) is 25.1 Å². The van der Waals surface area contributed by atoms with Crippen LogP contribution in [0.5, 0.6) is 5.75 Å². The Kier molecular flexibility index (Phi) is 7.12. The molecule has 3 heterocycles. The fraction of sp³-hybridized carbons (Fsp3) is 0.333. The van der Waals surface area contributed by atoms with E-state index in [0.717, 1.165) is 65.1 Å². The van der Waals surface area contributed by atoms with Crippen LogP contribution in [0.1, 0.15) is 48.3 Å². The third-order valence-corrected chi connectivity index (χ3v) is 8.44. The van der Waals surface area contributed by atoms with Gasteiger partial charge < -0.3 is 20.3 Å². The Morgan fingerprint density at radius 3 is 2.54 bits per heavy atom. The van der Waals surface area contributed by atoms with Crippen LogP contribution in [0, 0.1) is 10.8 Å². The lowest BCUT2D eigenvalue weighted by Gasteiger charge is -2.33. The number of tetrazole rings is 1. The zero-order valence-electron chi connectivity index (χ0n) is 23.2. The van der Waals surface area contributed by atoms with E-state index in [1.807, 2.05) is 38.2 Å². The predicted molar refractivity (Wildman–Crippen MR) is 164 cm³/mol. The van der Waals surface area contributed by atoms with Gasteiger partial charge in [-0.1, -0.05) is 36.5 Å². The molecule has 1 atom stereocenters. The number of hydrogen-bond acceptors (Lipinski definition) is 7. The molecule has 1 fully saturated rings. The fourth-order valence-corrected chi connectivity index (χ4v) is 6.19. The number of aryl methyl sites for hydroxylation is 1. The van der Waals surface area contributed by atoms with Crippen molar-refractivity contribution in [2.45, 2.75) is 44.8 Å². The second-order valence-corrected chi connectivity index (χ2v) is 11.3. The number of piperidine rings is 1. The van der Waals surface area contributed by atoms with E-state index in [0.29, 0.717) is 23.6 Å². The van der Waals surface area contributed by atoms with Crippen LogP contribution in [-0.2, 0) is 19.9 Å². The number of aromatic nitrogens is 4. The second-order valence-electron chi connectivity index (χ2n) is 10.8. The number of hydrogen-bond donors (Lipinski definition) is 3. The maximum absolute atomic E-state index is 7.89. The average molecular weight is 568 g/mol. The zero-order chi connectivity index (χ0) is 28.7. The molecule has 0 saturated carbocycles. The molecule has 11 heteroatoms. The molecule has 0 spiro atoms. The lowest BCUT2D eigenvalue weighted by molar-refractivity contribution is 0.130. The largest absolute Gasteiger partial charge is 0.490 e. The number of anilines is 1. The first-order valence-corrected chi connectivity index (χ1v) is 14.2. The Bertz CT molecular complexity index is 1660. The van der Waals surface area contributed by atoms with Gasteiger partial charge in [0.2, 0.25) is 0 Å². The van der Waals surface area contributed by atoms with E-state index in [1.54, 1.807) is 4.68 Å². The van der Waals surface area contributed by atoms with Crippen LogP contribution < -0.4 is 15.4 Å². The smallest absolute Gasteiger partial charge is 0.157 e. The van der Waals surface area contributed by atoms with Crippen LogP contribution >= 0.6 is 12.2 Å². The maximum atomic E-state index is 7.89. The summed E-state index contributed by atoms with van der Waals surface area (Å²) in [6.07, 6.45) is 3.15. The minimum absolute atomic E-state index is 0.0156. The molecule has 10 nitrogen and oxygen atoms in total. The summed E-state index contributed by atoms with van der Waals surface area (Å²) in [5.41, 5.74) is 9.85. The molecule has 1 aromatic heterocycles. The van der Waals surface area contributed by atoms with Crippen LogP contribution in [0.2, 0.25) is 0 Å². The standard InChI is InChI=1S/C30H33N9OS/c1-18(31)38-11-9-24(10-12-38)40-25-7-8-26-23(15-25)16-27(39(26)29(41)17-28-34-35-36-37(28)2)20-5-3-19-4-6-21(30(32)33)14-22(19)13-20/h3-8,13-15,24,27,31H,9-12,16-17H2,1-2H3,(H3,32,33). The third kappa shape index (κ3) is 5.37. The Balaban J connectivity index is 1.31. The van der Waals surface area contributed by atoms with Gasteiger partial charge in [-0.2, -0.15) is 0 Å². The van der Waals surface area contributed by atoms with E-state index in [2.05, 4.69) is 55.7 Å². The zero-order valence-corrected chi connectivity index (χ0v) is 24.0. The molecule has 0 aliphatic carbocycles. The Hall–Kier alpha value is -4.38. The van der Waals surface area contributed by atoms with Crippen LogP contribution in [0.25, 0.3) is 10.8 Å². The maximum Gasteiger partial charge on any atom is 0.157 e. The first-order valence-electron chi connectivity index (χ1n) is 13.8. The van der Waals surface area contributed by atoms with Gasteiger partial charge in [0.05, 0.1) is 23.3 Å². The van der Waals surface area contributed by atoms with E-state index in [1.165, 1.54) is 5.56 Å². The molecule has 0 bridgehead atoms. The number of rotatable bonds is 6. The van der Waals surface area contributed by atoms with Gasteiger partial charge in [-0.25, -0.2) is 4.68 Å². The van der Waals surface area contributed by atoms with Crippen LogP contribution in [0.3, 0.4) is 0 Å². The highest BCUT2D eigenvalue weighted by molar-refractivity contribution is 7.80. The molecule has 2 aliphatic rings. The van der Waals surface area contributed by atoms with Crippen LogP contribution in [-0.4, -0.2) is 61.0 Å². The summed E-state index contributed by atoms with van der Waals surface area (Å²) in [5.74, 6) is 2.24. The SMILES string of the molecule is CC(=N)N1CCC(Oc2ccc3c(c2)CC(c2ccc4ccc(C(=N)N)cc4c2)N3C(=S)Cc2nnnn2C)CC1. The Morgan fingerprint density at radius 1 is 1.05 bits per heavy atom. The van der Waals surface area contributed by atoms with Crippen molar-refractivity contribution in [2.75, 3.05) is 18.0 Å². The fourth-order valence-electron chi connectivity index (χ4n) is 5.84. The normalized spacial score (nSPS) is 17.1. The predicted octanol–water partition coefficient (Wildman–Crippen LogP) is 4.16. The topological polar surface area (TPSA) is 133 Å². The summed E-state index contributed by atoms with van der Waals surface area (Å²) in [6, 6.07) is 18.6. The van der Waals surface area contributed by atoms with Gasteiger partial charge >= 0.3 is 0 Å². The molecule has 210 valence electrons. The van der Waals surface area contributed by atoms with Crippen molar-refractivity contribution in [2.24, 2.45) is 12.8 Å². The molecule has 1 saturated heterocycles. The molecule has 4 N–H and O–H groups in total. The molecule has 2 aliphatic heterocycles. The molecule has 4 aromatic rings. The first kappa shape index (κ1) is 26.8. The Labute approximate surface area is 244 Å². The summed E-state index contributed by atoms with van der Waals surface area (Å²) in [6.45, 7) is 3.53. The average Bonchev–Trinajstić information content (AvgIpc) is 3.55. The van der Waals surface area contributed by atoms with Gasteiger partial charge in [-0.05, 0) is 76.0 Å². The van der Waals surface area contributed by atoms with Gasteiger partial charge in [0.1, 0.15) is 17.7 Å². The number of nitrogens with one attached hydrogen (secondary N) is 2. The molecular weight excluding hydrogens is 534 g/mol. The summed E-state index contributed by atoms with van der Waals surface area (Å²) in [7, 11) is 1.82. The summed E-state index contributed by atoms with van der Waals surface area (Å²) in [5, 5.41) is 29.8. The lowest BCUT2D eigenvalue weighted by Crippen LogP contribution is -2.40. The second kappa shape index (κ2) is 10.9. The van der Waals surface area contributed by atoms with Crippen molar-refractivity contribution in [3.63, 3.8) is 0 Å². The number of likely N-dealkylation sites (tertiary alicyclic amines) is 1. The van der Waals surface area contributed by atoms with Crippen molar-refractivity contribution < 1.29 is 4.74 Å². The summed E-state index contributed by atoms with van der Waals surface area (Å²) < 4.78 is 8.08. The number of ether oxygens (including phenoxy) is 1. The number of nitrogens with two attached hydrogens (primary N) is 1. The molecule has 1 unspecified atom stereocenters. The monoisotopic (exact) mass is 567 g/mol. The van der Waals surface area contributed by atoms with Gasteiger partial charge in [0, 0.05) is 44.2 Å². The number of nitrogens with zero attached hydrogens (tertiary/aromatic N) is 6. The van der Waals surface area contributed by atoms with E-state index in [9.17, 15) is 0 Å². The molecule has 6 rings (SSSR count). The lowest BCUT2D eigenvalue weighted by atomic mass is 9.97. The highest BCUT2D eigenvalue weighted by Crippen LogP contribution is 2.43. The molecule has 0 amide bonds. The highest BCUT2D eigenvalue weighted by Gasteiger charge is 2.34. The van der Waals surface area contributed by atoms with Crippen molar-refractivity contribution in [3.8, 4) is 5.75 Å². The quantitative estimate of drug-likeness (QED) is 0.180. The highest BCUT2D eigenvalue weighted by atomic mass is 32.1. The molecular formula is C30H33N9OS. The number of thiocarbonyl (C=S) groups is 1. The van der Waals surface area contributed by atoms with Crippen LogP contribution in [0.4, 0.5) is 5.69 Å². The number of benzene rings is 3. The van der Waals surface area contributed by atoms with Crippen molar-refractivity contribution in [1.29, 1.82) is 10.8 Å². The van der Waals surface area contributed by atoms with Crippen LogP contribution in [0.15, 0.2) is 54.6 Å². The van der Waals surface area contributed by atoms with E-state index >= 15 is 0 Å². The van der Waals surface area contributed by atoms with E-state index < -0.39 is 0 Å². The minimum atomic E-state index is -0.0156. The minimum Gasteiger partial charge on any atom is -0.490 e.